The topological polar surface area (TPSA) is 49.4 Å². The van der Waals surface area contributed by atoms with E-state index in [2.05, 4.69) is 4.72 Å². The zero-order valence-electron chi connectivity index (χ0n) is 5.88. The van der Waals surface area contributed by atoms with Crippen molar-refractivity contribution in [2.75, 3.05) is 27.0 Å². The second kappa shape index (κ2) is 3.14. The Bertz CT molecular complexity index is 161. The van der Waals surface area contributed by atoms with Gasteiger partial charge in [-0.25, -0.2) is 13.1 Å². The van der Waals surface area contributed by atoms with Crippen LogP contribution in [-0.2, 0) is 10.0 Å². The minimum atomic E-state index is -3.04. The molecule has 0 aromatic carbocycles. The lowest BCUT2D eigenvalue weighted by Gasteiger charge is -2.08. The van der Waals surface area contributed by atoms with Crippen LogP contribution >= 0.6 is 0 Å². The summed E-state index contributed by atoms with van der Waals surface area (Å²) in [5.74, 6) is 0.0451. The summed E-state index contributed by atoms with van der Waals surface area (Å²) in [6.45, 7) is 0. The Morgan fingerprint density at radius 3 is 2.00 bits per heavy atom. The van der Waals surface area contributed by atoms with Crippen molar-refractivity contribution in [3.8, 4) is 0 Å². The van der Waals surface area contributed by atoms with Gasteiger partial charge in [0.05, 0.1) is 0 Å². The van der Waals surface area contributed by atoms with Crippen molar-refractivity contribution in [3.05, 3.63) is 0 Å². The van der Waals surface area contributed by atoms with Gasteiger partial charge in [-0.2, -0.15) is 0 Å². The van der Waals surface area contributed by atoms with E-state index in [-0.39, 0.29) is 5.88 Å². The first kappa shape index (κ1) is 8.87. The molecule has 0 aromatic rings. The van der Waals surface area contributed by atoms with Crippen LogP contribution in [0.3, 0.4) is 0 Å². The van der Waals surface area contributed by atoms with E-state index in [0.29, 0.717) is 0 Å². The first-order valence-electron chi connectivity index (χ1n) is 2.54. The predicted octanol–water partition coefficient (Wildman–Crippen LogP) is -0.945. The number of sulfonamides is 1. The molecule has 5 heteroatoms. The van der Waals surface area contributed by atoms with E-state index < -0.39 is 10.0 Å². The highest BCUT2D eigenvalue weighted by atomic mass is 32.2. The molecule has 4 nitrogen and oxygen atoms in total. The molecule has 0 aliphatic heterocycles. The average molecular weight is 152 g/mol. The molecule has 0 atom stereocenters. The van der Waals surface area contributed by atoms with Gasteiger partial charge in [-0.15, -0.1) is 0 Å². The monoisotopic (exact) mass is 152 g/mol. The third-order valence-electron chi connectivity index (χ3n) is 0.739. The molecule has 0 aromatic heterocycles. The number of rotatable bonds is 3. The summed E-state index contributed by atoms with van der Waals surface area (Å²) in [7, 11) is 1.77. The fourth-order valence-electron chi connectivity index (χ4n) is 0.404. The summed E-state index contributed by atoms with van der Waals surface area (Å²) in [6, 6.07) is 0. The molecular weight excluding hydrogens is 140 g/mol. The van der Waals surface area contributed by atoms with E-state index >= 15 is 0 Å². The van der Waals surface area contributed by atoms with Crippen LogP contribution in [0.4, 0.5) is 0 Å². The quantitative estimate of drug-likeness (QED) is 0.567. The molecule has 56 valence electrons. The SMILES string of the molecule is CNS(=O)(=O)CN(C)C. The smallest absolute Gasteiger partial charge is 0.224 e. The summed E-state index contributed by atoms with van der Waals surface area (Å²) in [4.78, 5) is 1.59. The molecule has 0 rings (SSSR count). The highest BCUT2D eigenvalue weighted by Crippen LogP contribution is 1.82. The van der Waals surface area contributed by atoms with Crippen molar-refractivity contribution in [1.29, 1.82) is 0 Å². The molecule has 0 saturated heterocycles. The van der Waals surface area contributed by atoms with Crippen LogP contribution in [0.1, 0.15) is 0 Å². The maximum Gasteiger partial charge on any atom is 0.224 e. The second-order valence-electron chi connectivity index (χ2n) is 2.03. The molecule has 0 amide bonds. The Labute approximate surface area is 55.9 Å². The van der Waals surface area contributed by atoms with Crippen LogP contribution in [0, 0.1) is 0 Å². The first-order chi connectivity index (χ1) is 3.98. The van der Waals surface area contributed by atoms with Gasteiger partial charge in [-0.05, 0) is 21.1 Å². The summed E-state index contributed by atoms with van der Waals surface area (Å²) < 4.78 is 23.5. The van der Waals surface area contributed by atoms with Gasteiger partial charge in [0.2, 0.25) is 10.0 Å². The minimum Gasteiger partial charge on any atom is -0.295 e. The lowest BCUT2D eigenvalue weighted by atomic mass is 11.0. The zero-order valence-corrected chi connectivity index (χ0v) is 6.70. The Morgan fingerprint density at radius 1 is 1.44 bits per heavy atom. The van der Waals surface area contributed by atoms with E-state index in [1.807, 2.05) is 0 Å². The van der Waals surface area contributed by atoms with Gasteiger partial charge in [-0.1, -0.05) is 0 Å². The van der Waals surface area contributed by atoms with Crippen LogP contribution in [0.15, 0.2) is 0 Å². The van der Waals surface area contributed by atoms with Crippen molar-refractivity contribution in [3.63, 3.8) is 0 Å². The number of nitrogens with zero attached hydrogens (tertiary/aromatic N) is 1. The van der Waals surface area contributed by atoms with Gasteiger partial charge in [0.15, 0.2) is 0 Å². The molecule has 0 radical (unpaired) electrons. The van der Waals surface area contributed by atoms with Crippen LogP contribution in [0.5, 0.6) is 0 Å². The van der Waals surface area contributed by atoms with E-state index in [1.54, 1.807) is 19.0 Å². The number of nitrogens with one attached hydrogen (secondary N) is 1. The molecule has 1 N–H and O–H groups in total. The fourth-order valence-corrected chi connectivity index (χ4v) is 1.21. The highest BCUT2D eigenvalue weighted by molar-refractivity contribution is 7.89. The molecule has 0 unspecified atom stereocenters. The minimum absolute atomic E-state index is 0.0451. The van der Waals surface area contributed by atoms with Crippen LogP contribution in [0.2, 0.25) is 0 Å². The summed E-state index contributed by atoms with van der Waals surface area (Å²) in [5, 5.41) is 0. The van der Waals surface area contributed by atoms with Crippen molar-refractivity contribution in [2.45, 2.75) is 0 Å². The average Bonchev–Trinajstić information content (AvgIpc) is 1.63. The van der Waals surface area contributed by atoms with Crippen LogP contribution < -0.4 is 4.72 Å². The third kappa shape index (κ3) is 4.38. The Balaban J connectivity index is 3.90. The van der Waals surface area contributed by atoms with E-state index in [9.17, 15) is 8.42 Å². The lowest BCUT2D eigenvalue weighted by molar-refractivity contribution is 0.459. The Morgan fingerprint density at radius 2 is 1.89 bits per heavy atom. The maximum absolute atomic E-state index is 10.7. The fraction of sp³-hybridized carbons (Fsp3) is 1.00. The van der Waals surface area contributed by atoms with Crippen molar-refractivity contribution in [1.82, 2.24) is 9.62 Å². The third-order valence-corrected chi connectivity index (χ3v) is 2.22. The number of hydrogen-bond acceptors (Lipinski definition) is 3. The van der Waals surface area contributed by atoms with Gasteiger partial charge < -0.3 is 0 Å². The molecule has 0 heterocycles. The van der Waals surface area contributed by atoms with E-state index in [4.69, 9.17) is 0 Å². The lowest BCUT2D eigenvalue weighted by Crippen LogP contribution is -2.30. The van der Waals surface area contributed by atoms with Gasteiger partial charge in [-0.3, -0.25) is 4.90 Å². The molecular formula is C4H12N2O2S. The zero-order chi connectivity index (χ0) is 7.49. The molecule has 0 fully saturated rings. The molecule has 0 aliphatic carbocycles. The molecule has 0 saturated carbocycles. The number of hydrogen-bond donors (Lipinski definition) is 1. The summed E-state index contributed by atoms with van der Waals surface area (Å²) in [5.41, 5.74) is 0. The molecule has 0 aliphatic rings. The van der Waals surface area contributed by atoms with Crippen LogP contribution in [-0.4, -0.2) is 40.3 Å². The first-order valence-corrected chi connectivity index (χ1v) is 4.19. The summed E-state index contributed by atoms with van der Waals surface area (Å²) >= 11 is 0. The Kier molecular flexibility index (Phi) is 3.10. The van der Waals surface area contributed by atoms with Gasteiger partial charge in [0, 0.05) is 0 Å². The van der Waals surface area contributed by atoms with Crippen molar-refractivity contribution < 1.29 is 8.42 Å². The maximum atomic E-state index is 10.7. The normalized spacial score (nSPS) is 12.4. The summed E-state index contributed by atoms with van der Waals surface area (Å²) in [6.07, 6.45) is 0. The van der Waals surface area contributed by atoms with Crippen molar-refractivity contribution in [2.24, 2.45) is 0 Å². The highest BCUT2D eigenvalue weighted by Gasteiger charge is 2.06. The Hall–Kier alpha value is -0.130. The van der Waals surface area contributed by atoms with Crippen molar-refractivity contribution >= 4 is 10.0 Å². The standard InChI is InChI=1S/C4H12N2O2S/c1-5-9(7,8)4-6(2)3/h5H,4H2,1-3H3. The van der Waals surface area contributed by atoms with Crippen LogP contribution in [0.25, 0.3) is 0 Å². The van der Waals surface area contributed by atoms with Gasteiger partial charge >= 0.3 is 0 Å². The molecule has 0 bridgehead atoms. The van der Waals surface area contributed by atoms with E-state index in [0.717, 1.165) is 0 Å². The van der Waals surface area contributed by atoms with E-state index in [1.165, 1.54) is 7.05 Å². The second-order valence-corrected chi connectivity index (χ2v) is 3.92. The largest absolute Gasteiger partial charge is 0.295 e. The predicted molar refractivity (Wildman–Crippen MR) is 36.5 cm³/mol. The van der Waals surface area contributed by atoms with Gasteiger partial charge in [0.1, 0.15) is 5.88 Å². The molecule has 9 heavy (non-hydrogen) atoms. The van der Waals surface area contributed by atoms with Gasteiger partial charge in [0.25, 0.3) is 0 Å². The molecule has 0 spiro atoms.